The summed E-state index contributed by atoms with van der Waals surface area (Å²) in [5, 5.41) is 14.0. The topological polar surface area (TPSA) is 32.3 Å². The number of nitrogens with one attached hydrogen (secondary N) is 1. The molecule has 0 aromatic heterocycles. The molecule has 3 rings (SSSR count). The third-order valence-electron chi connectivity index (χ3n) is 4.11. The fourth-order valence-corrected chi connectivity index (χ4v) is 4.00. The van der Waals surface area contributed by atoms with E-state index in [1.807, 2.05) is 18.7 Å². The fourth-order valence-electron chi connectivity index (χ4n) is 2.87. The van der Waals surface area contributed by atoms with Crippen LogP contribution in [0.25, 0.3) is 0 Å². The minimum Gasteiger partial charge on any atom is -0.387 e. The third kappa shape index (κ3) is 3.35. The van der Waals surface area contributed by atoms with Crippen LogP contribution in [0, 0.1) is 5.82 Å². The van der Waals surface area contributed by atoms with E-state index in [4.69, 9.17) is 0 Å². The summed E-state index contributed by atoms with van der Waals surface area (Å²) in [6.45, 7) is 1.97. The molecular weight excluding hydrogens is 297 g/mol. The molecule has 0 fully saturated rings. The lowest BCUT2D eigenvalue weighted by molar-refractivity contribution is 0.128. The van der Waals surface area contributed by atoms with Crippen molar-refractivity contribution in [1.82, 2.24) is 5.32 Å². The Hall–Kier alpha value is -1.36. The van der Waals surface area contributed by atoms with E-state index in [1.165, 1.54) is 22.6 Å². The second-order valence-corrected chi connectivity index (χ2v) is 6.82. The average molecular weight is 317 g/mol. The SMILES string of the molecule is CC(NC1CCSc2ccccc21)C(O)c1ccc(F)cc1. The number of benzene rings is 2. The Morgan fingerprint density at radius 2 is 1.91 bits per heavy atom. The Morgan fingerprint density at radius 3 is 2.68 bits per heavy atom. The van der Waals surface area contributed by atoms with Gasteiger partial charge in [0.25, 0.3) is 0 Å². The van der Waals surface area contributed by atoms with Gasteiger partial charge in [0.05, 0.1) is 6.10 Å². The van der Waals surface area contributed by atoms with E-state index in [9.17, 15) is 9.50 Å². The average Bonchev–Trinajstić information content (AvgIpc) is 2.55. The van der Waals surface area contributed by atoms with E-state index in [0.717, 1.165) is 17.7 Å². The van der Waals surface area contributed by atoms with Crippen molar-refractivity contribution in [3.8, 4) is 0 Å². The lowest BCUT2D eigenvalue weighted by Gasteiger charge is -2.31. The second kappa shape index (κ2) is 6.82. The zero-order chi connectivity index (χ0) is 15.5. The van der Waals surface area contributed by atoms with Crippen molar-refractivity contribution in [2.24, 2.45) is 0 Å². The van der Waals surface area contributed by atoms with Crippen molar-refractivity contribution in [3.63, 3.8) is 0 Å². The molecule has 0 bridgehead atoms. The molecule has 1 aliphatic heterocycles. The fraction of sp³-hybridized carbons (Fsp3) is 0.333. The number of halogens is 1. The molecular formula is C18H20FNOS. The summed E-state index contributed by atoms with van der Waals surface area (Å²) in [4.78, 5) is 1.31. The largest absolute Gasteiger partial charge is 0.387 e. The lowest BCUT2D eigenvalue weighted by atomic mass is 9.99. The van der Waals surface area contributed by atoms with Gasteiger partial charge in [-0.15, -0.1) is 11.8 Å². The minimum atomic E-state index is -0.651. The highest BCUT2D eigenvalue weighted by Crippen LogP contribution is 2.36. The predicted molar refractivity (Wildman–Crippen MR) is 88.5 cm³/mol. The van der Waals surface area contributed by atoms with E-state index < -0.39 is 6.10 Å². The second-order valence-electron chi connectivity index (χ2n) is 5.68. The summed E-state index contributed by atoms with van der Waals surface area (Å²) in [6, 6.07) is 14.6. The highest BCUT2D eigenvalue weighted by atomic mass is 32.2. The first-order valence-corrected chi connectivity index (χ1v) is 8.55. The monoisotopic (exact) mass is 317 g/mol. The van der Waals surface area contributed by atoms with Gasteiger partial charge in [-0.1, -0.05) is 30.3 Å². The first-order chi connectivity index (χ1) is 10.6. The summed E-state index contributed by atoms with van der Waals surface area (Å²) in [6.07, 6.45) is 0.393. The van der Waals surface area contributed by atoms with Crippen LogP contribution in [0.5, 0.6) is 0 Å². The van der Waals surface area contributed by atoms with E-state index in [2.05, 4.69) is 29.6 Å². The number of fused-ring (bicyclic) bond motifs is 1. The zero-order valence-electron chi connectivity index (χ0n) is 12.5. The van der Waals surface area contributed by atoms with E-state index in [1.54, 1.807) is 12.1 Å². The number of aliphatic hydroxyl groups excluding tert-OH is 1. The van der Waals surface area contributed by atoms with E-state index >= 15 is 0 Å². The lowest BCUT2D eigenvalue weighted by Crippen LogP contribution is -2.36. The Bertz CT molecular complexity index is 631. The summed E-state index contributed by atoms with van der Waals surface area (Å²) in [5.41, 5.74) is 2.04. The van der Waals surface area contributed by atoms with Crippen molar-refractivity contribution >= 4 is 11.8 Å². The molecule has 3 atom stereocenters. The van der Waals surface area contributed by atoms with Crippen LogP contribution in [0.15, 0.2) is 53.4 Å². The first kappa shape index (κ1) is 15.5. The van der Waals surface area contributed by atoms with Gasteiger partial charge in [0.2, 0.25) is 0 Å². The zero-order valence-corrected chi connectivity index (χ0v) is 13.3. The molecule has 2 aromatic carbocycles. The molecule has 0 radical (unpaired) electrons. The van der Waals surface area contributed by atoms with Crippen LogP contribution in [0.2, 0.25) is 0 Å². The van der Waals surface area contributed by atoms with Crippen molar-refractivity contribution in [2.75, 3.05) is 5.75 Å². The van der Waals surface area contributed by atoms with Gasteiger partial charge in [-0.05, 0) is 48.4 Å². The molecule has 0 aliphatic carbocycles. The van der Waals surface area contributed by atoms with Gasteiger partial charge in [-0.3, -0.25) is 0 Å². The molecule has 4 heteroatoms. The molecule has 1 heterocycles. The Morgan fingerprint density at radius 1 is 1.18 bits per heavy atom. The molecule has 2 nitrogen and oxygen atoms in total. The molecule has 1 aliphatic rings. The van der Waals surface area contributed by atoms with Crippen molar-refractivity contribution < 1.29 is 9.50 Å². The smallest absolute Gasteiger partial charge is 0.123 e. The van der Waals surface area contributed by atoms with E-state index in [0.29, 0.717) is 0 Å². The third-order valence-corrected chi connectivity index (χ3v) is 5.23. The molecule has 0 amide bonds. The number of aliphatic hydroxyl groups is 1. The number of thioether (sulfide) groups is 1. The van der Waals surface area contributed by atoms with Gasteiger partial charge < -0.3 is 10.4 Å². The van der Waals surface area contributed by atoms with Gasteiger partial charge in [0, 0.05) is 17.0 Å². The van der Waals surface area contributed by atoms with Gasteiger partial charge in [0.15, 0.2) is 0 Å². The van der Waals surface area contributed by atoms with Crippen LogP contribution in [-0.4, -0.2) is 16.9 Å². The summed E-state index contributed by atoms with van der Waals surface area (Å²) >= 11 is 1.88. The molecule has 0 saturated carbocycles. The number of rotatable bonds is 4. The van der Waals surface area contributed by atoms with Crippen LogP contribution in [-0.2, 0) is 0 Å². The van der Waals surface area contributed by atoms with Crippen LogP contribution < -0.4 is 5.32 Å². The van der Waals surface area contributed by atoms with Crippen LogP contribution >= 0.6 is 11.8 Å². The molecule has 2 aromatic rings. The quantitative estimate of drug-likeness (QED) is 0.891. The normalized spacial score (nSPS) is 20.2. The van der Waals surface area contributed by atoms with Crippen LogP contribution in [0.1, 0.15) is 36.6 Å². The maximum atomic E-state index is 13.0. The van der Waals surface area contributed by atoms with Gasteiger partial charge in [-0.2, -0.15) is 0 Å². The maximum absolute atomic E-state index is 13.0. The highest BCUT2D eigenvalue weighted by Gasteiger charge is 2.24. The van der Waals surface area contributed by atoms with Crippen molar-refractivity contribution in [3.05, 3.63) is 65.5 Å². The summed E-state index contributed by atoms with van der Waals surface area (Å²) in [5.74, 6) is 0.795. The Balaban J connectivity index is 1.72. The Labute approximate surface area is 134 Å². The maximum Gasteiger partial charge on any atom is 0.123 e. The van der Waals surface area contributed by atoms with Gasteiger partial charge in [-0.25, -0.2) is 4.39 Å². The summed E-state index contributed by atoms with van der Waals surface area (Å²) in [7, 11) is 0. The number of hydrogen-bond acceptors (Lipinski definition) is 3. The minimum absolute atomic E-state index is 0.105. The highest BCUT2D eigenvalue weighted by molar-refractivity contribution is 7.99. The number of hydrogen-bond donors (Lipinski definition) is 2. The molecule has 22 heavy (non-hydrogen) atoms. The Kier molecular flexibility index (Phi) is 4.81. The molecule has 116 valence electrons. The first-order valence-electron chi connectivity index (χ1n) is 7.56. The van der Waals surface area contributed by atoms with Crippen molar-refractivity contribution in [1.29, 1.82) is 0 Å². The van der Waals surface area contributed by atoms with Gasteiger partial charge >= 0.3 is 0 Å². The standard InChI is InChI=1S/C18H20FNOS/c1-12(18(21)13-6-8-14(19)9-7-13)20-16-10-11-22-17-5-3-2-4-15(16)17/h2-9,12,16,18,20-21H,10-11H2,1H3. The van der Waals surface area contributed by atoms with Crippen LogP contribution in [0.3, 0.4) is 0 Å². The molecule has 0 spiro atoms. The molecule has 0 saturated heterocycles. The van der Waals surface area contributed by atoms with E-state index in [-0.39, 0.29) is 17.9 Å². The summed E-state index contributed by atoms with van der Waals surface area (Å²) < 4.78 is 13.0. The van der Waals surface area contributed by atoms with Crippen LogP contribution in [0.4, 0.5) is 4.39 Å². The van der Waals surface area contributed by atoms with Crippen molar-refractivity contribution in [2.45, 2.75) is 36.4 Å². The molecule has 3 unspecified atom stereocenters. The van der Waals surface area contributed by atoms with Gasteiger partial charge in [0.1, 0.15) is 5.82 Å². The molecule has 2 N–H and O–H groups in total. The predicted octanol–water partition coefficient (Wildman–Crippen LogP) is 4.07.